The van der Waals surface area contributed by atoms with Crippen LogP contribution in [0.2, 0.25) is 0 Å². The Morgan fingerprint density at radius 2 is 1.96 bits per heavy atom. The maximum atomic E-state index is 11.6. The summed E-state index contributed by atoms with van der Waals surface area (Å²) in [5.41, 5.74) is 6.52. The predicted octanol–water partition coefficient (Wildman–Crippen LogP) is 1.48. The molecular weight excluding hydrogens is 292 g/mol. The summed E-state index contributed by atoms with van der Waals surface area (Å²) in [6.07, 6.45) is 3.49. The van der Waals surface area contributed by atoms with E-state index in [0.717, 1.165) is 31.6 Å². The number of hydrogen-bond donors (Lipinski definition) is 4. The lowest BCUT2D eigenvalue weighted by molar-refractivity contribution is 0.100. The van der Waals surface area contributed by atoms with Gasteiger partial charge in [0.25, 0.3) is 5.91 Å². The fourth-order valence-corrected chi connectivity index (χ4v) is 2.53. The average molecular weight is 312 g/mol. The van der Waals surface area contributed by atoms with Crippen molar-refractivity contribution in [1.82, 2.24) is 15.3 Å². The molecule has 7 heteroatoms. The molecule has 0 unspecified atom stereocenters. The van der Waals surface area contributed by atoms with Crippen LogP contribution in [0.4, 0.5) is 17.5 Å². The minimum Gasteiger partial charge on any atom is -0.365 e. The lowest BCUT2D eigenvalue weighted by Gasteiger charge is -2.23. The molecule has 7 nitrogen and oxygen atoms in total. The van der Waals surface area contributed by atoms with Gasteiger partial charge in [0.2, 0.25) is 5.95 Å². The number of amides is 1. The van der Waals surface area contributed by atoms with Gasteiger partial charge in [-0.25, -0.2) is 4.98 Å². The lowest BCUT2D eigenvalue weighted by Crippen LogP contribution is -2.35. The maximum absolute atomic E-state index is 11.6. The molecule has 0 radical (unpaired) electrons. The van der Waals surface area contributed by atoms with Crippen LogP contribution in [-0.2, 0) is 0 Å². The SMILES string of the molecule is NC(=O)c1cnc(NC2CCNCC2)nc1Nc1ccccc1. The van der Waals surface area contributed by atoms with Crippen molar-refractivity contribution < 1.29 is 4.79 Å². The van der Waals surface area contributed by atoms with E-state index in [1.54, 1.807) is 0 Å². The van der Waals surface area contributed by atoms with Crippen LogP contribution in [0, 0.1) is 0 Å². The Balaban J connectivity index is 1.82. The molecule has 0 atom stereocenters. The second-order valence-electron chi connectivity index (χ2n) is 5.48. The number of rotatable bonds is 5. The topological polar surface area (TPSA) is 105 Å². The van der Waals surface area contributed by atoms with Crippen molar-refractivity contribution >= 4 is 23.4 Å². The van der Waals surface area contributed by atoms with Gasteiger partial charge >= 0.3 is 0 Å². The molecule has 1 amide bonds. The molecule has 0 spiro atoms. The number of hydrogen-bond acceptors (Lipinski definition) is 6. The molecule has 3 rings (SSSR count). The van der Waals surface area contributed by atoms with Crippen LogP contribution in [0.1, 0.15) is 23.2 Å². The van der Waals surface area contributed by atoms with E-state index in [2.05, 4.69) is 25.9 Å². The van der Waals surface area contributed by atoms with Crippen LogP contribution in [-0.4, -0.2) is 35.0 Å². The van der Waals surface area contributed by atoms with Crippen molar-refractivity contribution in [3.05, 3.63) is 42.1 Å². The van der Waals surface area contributed by atoms with Gasteiger partial charge in [-0.2, -0.15) is 4.98 Å². The van der Waals surface area contributed by atoms with E-state index in [1.807, 2.05) is 30.3 Å². The quantitative estimate of drug-likeness (QED) is 0.666. The van der Waals surface area contributed by atoms with E-state index in [-0.39, 0.29) is 5.56 Å². The third-order valence-electron chi connectivity index (χ3n) is 3.76. The molecule has 23 heavy (non-hydrogen) atoms. The highest BCUT2D eigenvalue weighted by Crippen LogP contribution is 2.20. The Labute approximate surface area is 134 Å². The number of carbonyl (C=O) groups is 1. The van der Waals surface area contributed by atoms with Gasteiger partial charge in [0.05, 0.1) is 0 Å². The molecule has 1 aromatic heterocycles. The van der Waals surface area contributed by atoms with Crippen molar-refractivity contribution in [3.63, 3.8) is 0 Å². The van der Waals surface area contributed by atoms with Crippen LogP contribution >= 0.6 is 0 Å². The third kappa shape index (κ3) is 3.95. The highest BCUT2D eigenvalue weighted by atomic mass is 16.1. The second kappa shape index (κ2) is 7.06. The first kappa shape index (κ1) is 15.2. The number of benzene rings is 1. The summed E-state index contributed by atoms with van der Waals surface area (Å²) in [5.74, 6) is 0.354. The predicted molar refractivity (Wildman–Crippen MR) is 89.8 cm³/mol. The number of anilines is 3. The zero-order valence-corrected chi connectivity index (χ0v) is 12.7. The minimum absolute atomic E-state index is 0.268. The van der Waals surface area contributed by atoms with E-state index in [0.29, 0.717) is 17.8 Å². The number of nitrogens with one attached hydrogen (secondary N) is 3. The Bertz CT molecular complexity index is 670. The van der Waals surface area contributed by atoms with Crippen molar-refractivity contribution in [3.8, 4) is 0 Å². The number of nitrogens with two attached hydrogens (primary N) is 1. The van der Waals surface area contributed by atoms with Gasteiger partial charge in [-0.1, -0.05) is 18.2 Å². The first-order chi connectivity index (χ1) is 11.2. The number of piperidine rings is 1. The highest BCUT2D eigenvalue weighted by Gasteiger charge is 2.16. The van der Waals surface area contributed by atoms with Gasteiger partial charge in [0.1, 0.15) is 11.4 Å². The number of para-hydroxylation sites is 1. The summed E-state index contributed by atoms with van der Waals surface area (Å²) >= 11 is 0. The fourth-order valence-electron chi connectivity index (χ4n) is 2.53. The molecular formula is C16H20N6O. The fraction of sp³-hybridized carbons (Fsp3) is 0.312. The van der Waals surface area contributed by atoms with Crippen molar-refractivity contribution in [2.24, 2.45) is 5.73 Å². The van der Waals surface area contributed by atoms with E-state index < -0.39 is 5.91 Å². The van der Waals surface area contributed by atoms with E-state index in [4.69, 9.17) is 5.73 Å². The number of carbonyl (C=O) groups excluding carboxylic acids is 1. The monoisotopic (exact) mass is 312 g/mol. The molecule has 2 aromatic rings. The molecule has 1 aromatic carbocycles. The first-order valence-corrected chi connectivity index (χ1v) is 7.68. The normalized spacial score (nSPS) is 15.1. The van der Waals surface area contributed by atoms with Gasteiger partial charge < -0.3 is 21.7 Å². The summed E-state index contributed by atoms with van der Waals surface area (Å²) in [7, 11) is 0. The number of primary amides is 1. The Kier molecular flexibility index (Phi) is 4.68. The summed E-state index contributed by atoms with van der Waals surface area (Å²) in [6, 6.07) is 9.85. The zero-order chi connectivity index (χ0) is 16.1. The molecule has 5 N–H and O–H groups in total. The molecule has 120 valence electrons. The summed E-state index contributed by atoms with van der Waals surface area (Å²) in [6.45, 7) is 1.96. The van der Waals surface area contributed by atoms with Gasteiger partial charge in [-0.05, 0) is 38.1 Å². The van der Waals surface area contributed by atoms with Gasteiger partial charge in [0, 0.05) is 17.9 Å². The van der Waals surface area contributed by atoms with Gasteiger partial charge in [-0.3, -0.25) is 4.79 Å². The second-order valence-corrected chi connectivity index (χ2v) is 5.48. The van der Waals surface area contributed by atoms with E-state index >= 15 is 0 Å². The molecule has 2 heterocycles. The Morgan fingerprint density at radius 3 is 2.65 bits per heavy atom. The molecule has 0 bridgehead atoms. The van der Waals surface area contributed by atoms with Crippen molar-refractivity contribution in [1.29, 1.82) is 0 Å². The van der Waals surface area contributed by atoms with Crippen LogP contribution in [0.15, 0.2) is 36.5 Å². The largest absolute Gasteiger partial charge is 0.365 e. The van der Waals surface area contributed by atoms with Crippen molar-refractivity contribution in [2.45, 2.75) is 18.9 Å². The zero-order valence-electron chi connectivity index (χ0n) is 12.7. The molecule has 0 saturated carbocycles. The minimum atomic E-state index is -0.558. The maximum Gasteiger partial charge on any atom is 0.254 e. The van der Waals surface area contributed by atoms with Crippen LogP contribution in [0.25, 0.3) is 0 Å². The molecule has 1 fully saturated rings. The van der Waals surface area contributed by atoms with Crippen LogP contribution < -0.4 is 21.7 Å². The standard InChI is InChI=1S/C16H20N6O/c17-14(23)13-10-19-16(21-12-6-8-18-9-7-12)22-15(13)20-11-4-2-1-3-5-11/h1-5,10,12,18H,6-9H2,(H2,17,23)(H2,19,20,21,22). The summed E-state index contributed by atoms with van der Waals surface area (Å²) < 4.78 is 0. The molecule has 0 aliphatic carbocycles. The molecule has 1 aliphatic heterocycles. The first-order valence-electron chi connectivity index (χ1n) is 7.68. The Hall–Kier alpha value is -2.67. The van der Waals surface area contributed by atoms with Crippen LogP contribution in [0.5, 0.6) is 0 Å². The lowest BCUT2D eigenvalue weighted by atomic mass is 10.1. The van der Waals surface area contributed by atoms with Crippen LogP contribution in [0.3, 0.4) is 0 Å². The van der Waals surface area contributed by atoms with Gasteiger partial charge in [-0.15, -0.1) is 0 Å². The average Bonchev–Trinajstić information content (AvgIpc) is 2.57. The van der Waals surface area contributed by atoms with E-state index in [9.17, 15) is 4.79 Å². The molecule has 1 saturated heterocycles. The highest BCUT2D eigenvalue weighted by molar-refractivity contribution is 5.98. The summed E-state index contributed by atoms with van der Waals surface area (Å²) in [5, 5.41) is 9.76. The van der Waals surface area contributed by atoms with E-state index in [1.165, 1.54) is 6.20 Å². The Morgan fingerprint density at radius 1 is 1.22 bits per heavy atom. The number of aromatic nitrogens is 2. The number of nitrogens with zero attached hydrogens (tertiary/aromatic N) is 2. The summed E-state index contributed by atoms with van der Waals surface area (Å²) in [4.78, 5) is 20.2. The molecule has 1 aliphatic rings. The van der Waals surface area contributed by atoms with Crippen molar-refractivity contribution in [2.75, 3.05) is 23.7 Å². The third-order valence-corrected chi connectivity index (χ3v) is 3.76. The smallest absolute Gasteiger partial charge is 0.254 e. The van der Waals surface area contributed by atoms with Gasteiger partial charge in [0.15, 0.2) is 0 Å².